The molecule has 7 nitrogen and oxygen atoms in total. The van der Waals surface area contributed by atoms with Crippen LogP contribution in [-0.2, 0) is 6.61 Å². The quantitative estimate of drug-likeness (QED) is 0.912. The molecule has 2 aromatic heterocycles. The van der Waals surface area contributed by atoms with Crippen molar-refractivity contribution in [2.24, 2.45) is 0 Å². The number of carbonyl (C=O) groups is 1. The number of rotatable bonds is 3. The van der Waals surface area contributed by atoms with Gasteiger partial charge in [-0.15, -0.1) is 0 Å². The molecule has 1 aliphatic heterocycles. The van der Waals surface area contributed by atoms with E-state index in [1.807, 2.05) is 6.92 Å². The summed E-state index contributed by atoms with van der Waals surface area (Å²) < 4.78 is 0. The van der Waals surface area contributed by atoms with Gasteiger partial charge in [-0.05, 0) is 25.8 Å². The number of aromatic nitrogens is 4. The summed E-state index contributed by atoms with van der Waals surface area (Å²) in [7, 11) is 0. The van der Waals surface area contributed by atoms with Gasteiger partial charge in [0.1, 0.15) is 17.8 Å². The molecule has 1 N–H and O–H groups in total. The van der Waals surface area contributed by atoms with E-state index in [1.54, 1.807) is 23.4 Å². The van der Waals surface area contributed by atoms with E-state index in [4.69, 9.17) is 0 Å². The van der Waals surface area contributed by atoms with Gasteiger partial charge in [-0.1, -0.05) is 0 Å². The summed E-state index contributed by atoms with van der Waals surface area (Å²) in [5.41, 5.74) is 1.99. The van der Waals surface area contributed by atoms with Crippen LogP contribution < -0.4 is 0 Å². The first-order chi connectivity index (χ1) is 11.2. The Labute approximate surface area is 134 Å². The second-order valence-electron chi connectivity index (χ2n) is 5.67. The van der Waals surface area contributed by atoms with Crippen LogP contribution in [0.5, 0.6) is 0 Å². The molecule has 1 unspecified atom stereocenters. The predicted molar refractivity (Wildman–Crippen MR) is 82.6 cm³/mol. The Morgan fingerprint density at radius 1 is 1.43 bits per heavy atom. The molecule has 0 aromatic carbocycles. The number of carbonyl (C=O) groups excluding carboxylic acids is 1. The van der Waals surface area contributed by atoms with E-state index in [0.29, 0.717) is 24.6 Å². The smallest absolute Gasteiger partial charge is 0.272 e. The molecular formula is C16H19N5O2. The normalized spacial score (nSPS) is 18.0. The molecule has 1 aliphatic rings. The molecule has 0 aliphatic carbocycles. The molecule has 1 atom stereocenters. The molecular weight excluding hydrogens is 294 g/mol. The van der Waals surface area contributed by atoms with Gasteiger partial charge in [0.25, 0.3) is 5.91 Å². The molecule has 1 amide bonds. The molecule has 120 valence electrons. The standard InChI is InChI=1S/C16H19N5O2/c1-11-18-7-13(9-22)15(20-11)12-3-2-6-21(8-12)16(23)14-4-5-17-10-19-14/h4-5,7,10,12,22H,2-3,6,8-9H2,1H3. The zero-order valence-electron chi connectivity index (χ0n) is 13.0. The van der Waals surface area contributed by atoms with Crippen molar-refractivity contribution in [2.75, 3.05) is 13.1 Å². The second kappa shape index (κ2) is 6.78. The Hall–Kier alpha value is -2.41. The third-order valence-electron chi connectivity index (χ3n) is 4.09. The molecule has 1 fully saturated rings. The van der Waals surface area contributed by atoms with Crippen LogP contribution in [0.1, 0.15) is 46.3 Å². The van der Waals surface area contributed by atoms with Gasteiger partial charge in [0.2, 0.25) is 0 Å². The van der Waals surface area contributed by atoms with E-state index in [-0.39, 0.29) is 18.4 Å². The predicted octanol–water partition coefficient (Wildman–Crippen LogP) is 1.09. The Morgan fingerprint density at radius 3 is 3.04 bits per heavy atom. The van der Waals surface area contributed by atoms with Crippen molar-refractivity contribution in [3.8, 4) is 0 Å². The van der Waals surface area contributed by atoms with Gasteiger partial charge in [0.15, 0.2) is 0 Å². The molecule has 1 saturated heterocycles. The molecule has 0 bridgehead atoms. The van der Waals surface area contributed by atoms with Crippen molar-refractivity contribution in [3.63, 3.8) is 0 Å². The van der Waals surface area contributed by atoms with Crippen molar-refractivity contribution in [2.45, 2.75) is 32.3 Å². The maximum atomic E-state index is 12.6. The van der Waals surface area contributed by atoms with E-state index in [0.717, 1.165) is 24.1 Å². The maximum absolute atomic E-state index is 12.6. The van der Waals surface area contributed by atoms with Gasteiger partial charge in [-0.3, -0.25) is 4.79 Å². The number of amides is 1. The van der Waals surface area contributed by atoms with Gasteiger partial charge in [-0.2, -0.15) is 0 Å². The SMILES string of the molecule is Cc1ncc(CO)c(C2CCCN(C(=O)c3ccncn3)C2)n1. The lowest BCUT2D eigenvalue weighted by atomic mass is 9.92. The van der Waals surface area contributed by atoms with Crippen LogP contribution in [0, 0.1) is 6.92 Å². The molecule has 23 heavy (non-hydrogen) atoms. The second-order valence-corrected chi connectivity index (χ2v) is 5.67. The summed E-state index contributed by atoms with van der Waals surface area (Å²) in [4.78, 5) is 30.9. The van der Waals surface area contributed by atoms with Crippen LogP contribution in [-0.4, -0.2) is 48.9 Å². The van der Waals surface area contributed by atoms with E-state index >= 15 is 0 Å². The topological polar surface area (TPSA) is 92.1 Å². The minimum absolute atomic E-state index is 0.0894. The highest BCUT2D eigenvalue weighted by molar-refractivity contribution is 5.92. The summed E-state index contributed by atoms with van der Waals surface area (Å²) in [6.07, 6.45) is 6.46. The Bertz CT molecular complexity index is 692. The number of hydrogen-bond donors (Lipinski definition) is 1. The van der Waals surface area contributed by atoms with E-state index in [9.17, 15) is 9.90 Å². The number of aryl methyl sites for hydroxylation is 1. The summed E-state index contributed by atoms with van der Waals surface area (Å²) in [6.45, 7) is 3.02. The maximum Gasteiger partial charge on any atom is 0.272 e. The number of aliphatic hydroxyl groups is 1. The van der Waals surface area contributed by atoms with Crippen molar-refractivity contribution in [1.82, 2.24) is 24.8 Å². The molecule has 3 rings (SSSR count). The minimum Gasteiger partial charge on any atom is -0.392 e. The van der Waals surface area contributed by atoms with Gasteiger partial charge >= 0.3 is 0 Å². The van der Waals surface area contributed by atoms with E-state index in [1.165, 1.54) is 6.33 Å². The van der Waals surface area contributed by atoms with E-state index < -0.39 is 0 Å². The lowest BCUT2D eigenvalue weighted by Gasteiger charge is -2.33. The lowest BCUT2D eigenvalue weighted by molar-refractivity contribution is 0.0699. The zero-order chi connectivity index (χ0) is 16.2. The van der Waals surface area contributed by atoms with Crippen LogP contribution in [0.15, 0.2) is 24.8 Å². The largest absolute Gasteiger partial charge is 0.392 e. The average Bonchev–Trinajstić information content (AvgIpc) is 2.62. The fourth-order valence-electron chi connectivity index (χ4n) is 2.95. The summed E-state index contributed by atoms with van der Waals surface area (Å²) in [6, 6.07) is 1.62. The third-order valence-corrected chi connectivity index (χ3v) is 4.09. The molecule has 0 radical (unpaired) electrons. The van der Waals surface area contributed by atoms with Crippen molar-refractivity contribution in [3.05, 3.63) is 47.6 Å². The first-order valence-electron chi connectivity index (χ1n) is 7.67. The number of nitrogens with zero attached hydrogens (tertiary/aromatic N) is 5. The number of piperidine rings is 1. The molecule has 0 saturated carbocycles. The fourth-order valence-corrected chi connectivity index (χ4v) is 2.95. The first-order valence-corrected chi connectivity index (χ1v) is 7.67. The number of likely N-dealkylation sites (tertiary alicyclic amines) is 1. The van der Waals surface area contributed by atoms with Crippen molar-refractivity contribution >= 4 is 5.91 Å². The Balaban J connectivity index is 1.81. The highest BCUT2D eigenvalue weighted by Gasteiger charge is 2.28. The molecule has 7 heteroatoms. The number of hydrogen-bond acceptors (Lipinski definition) is 6. The van der Waals surface area contributed by atoms with Gasteiger partial charge in [0.05, 0.1) is 12.3 Å². The number of aliphatic hydroxyl groups excluding tert-OH is 1. The van der Waals surface area contributed by atoms with Crippen LogP contribution in [0.3, 0.4) is 0 Å². The lowest BCUT2D eigenvalue weighted by Crippen LogP contribution is -2.40. The van der Waals surface area contributed by atoms with Crippen LogP contribution in [0.4, 0.5) is 0 Å². The Kier molecular flexibility index (Phi) is 4.57. The summed E-state index contributed by atoms with van der Waals surface area (Å²) in [5.74, 6) is 0.697. The highest BCUT2D eigenvalue weighted by Crippen LogP contribution is 2.28. The fraction of sp³-hybridized carbons (Fsp3) is 0.438. The van der Waals surface area contributed by atoms with Gasteiger partial charge < -0.3 is 10.0 Å². The first kappa shape index (κ1) is 15.5. The van der Waals surface area contributed by atoms with Crippen LogP contribution in [0.2, 0.25) is 0 Å². The Morgan fingerprint density at radius 2 is 2.30 bits per heavy atom. The van der Waals surface area contributed by atoms with Crippen molar-refractivity contribution < 1.29 is 9.90 Å². The van der Waals surface area contributed by atoms with Gasteiger partial charge in [-0.25, -0.2) is 19.9 Å². The van der Waals surface area contributed by atoms with Gasteiger partial charge in [0, 0.05) is 37.0 Å². The average molecular weight is 313 g/mol. The summed E-state index contributed by atoms with van der Waals surface area (Å²) >= 11 is 0. The van der Waals surface area contributed by atoms with Crippen LogP contribution >= 0.6 is 0 Å². The molecule has 0 spiro atoms. The monoisotopic (exact) mass is 313 g/mol. The van der Waals surface area contributed by atoms with Crippen molar-refractivity contribution in [1.29, 1.82) is 0 Å². The third kappa shape index (κ3) is 3.34. The molecule has 2 aromatic rings. The summed E-state index contributed by atoms with van der Waals surface area (Å²) in [5, 5.41) is 9.52. The minimum atomic E-state index is -0.0913. The zero-order valence-corrected chi connectivity index (χ0v) is 13.0. The van der Waals surface area contributed by atoms with Crippen LogP contribution in [0.25, 0.3) is 0 Å². The highest BCUT2D eigenvalue weighted by atomic mass is 16.3. The van der Waals surface area contributed by atoms with E-state index in [2.05, 4.69) is 19.9 Å². The molecule has 3 heterocycles.